The fourth-order valence-electron chi connectivity index (χ4n) is 4.72. The summed E-state index contributed by atoms with van der Waals surface area (Å²) in [7, 11) is 1.44. The number of rotatable bonds is 16. The first-order valence-electron chi connectivity index (χ1n) is 13.6. The van der Waals surface area contributed by atoms with Crippen LogP contribution >= 0.6 is 0 Å². The van der Waals surface area contributed by atoms with Crippen LogP contribution in [0.3, 0.4) is 0 Å². The molecular weight excluding hydrogens is 503 g/mol. The first-order valence-corrected chi connectivity index (χ1v) is 13.6. The minimum atomic E-state index is -1.89. The number of amides is 1. The molecule has 2 heterocycles. The Morgan fingerprint density at radius 2 is 1.97 bits per heavy atom. The molecule has 1 aromatic heterocycles. The number of nitrogens with zero attached hydrogens (tertiary/aromatic N) is 2. The highest BCUT2D eigenvalue weighted by Crippen LogP contribution is 2.22. The molecule has 0 saturated carbocycles. The van der Waals surface area contributed by atoms with Crippen LogP contribution in [0.25, 0.3) is 0 Å². The first-order chi connectivity index (χ1) is 18.7. The molecule has 4 N–H and O–H groups in total. The number of aliphatic hydroxyl groups is 1. The molecule has 0 fully saturated rings. The monoisotopic (exact) mass is 544 g/mol. The molecule has 0 radical (unpaired) electrons. The smallest absolute Gasteiger partial charge is 0.326 e. The second kappa shape index (κ2) is 14.9. The minimum absolute atomic E-state index is 0.0540. The molecule has 0 spiro atoms. The van der Waals surface area contributed by atoms with Gasteiger partial charge in [-0.25, -0.2) is 14.2 Å². The Labute approximate surface area is 229 Å². The number of methoxy groups -OCH3 is 1. The molecule has 214 valence electrons. The Kier molecular flexibility index (Phi) is 11.6. The number of aliphatic carboxylic acids is 1. The summed E-state index contributed by atoms with van der Waals surface area (Å²) < 4.78 is 19.4. The second-order valence-electron chi connectivity index (χ2n) is 10.2. The van der Waals surface area contributed by atoms with Gasteiger partial charge in [0.1, 0.15) is 18.0 Å². The number of fused-ring (bicyclic) bond motifs is 1. The van der Waals surface area contributed by atoms with Crippen molar-refractivity contribution in [3.8, 4) is 0 Å². The zero-order valence-electron chi connectivity index (χ0n) is 22.9. The zero-order chi connectivity index (χ0) is 28.3. The van der Waals surface area contributed by atoms with Gasteiger partial charge in [0, 0.05) is 32.4 Å². The fraction of sp³-hybridized carbons (Fsp3) is 0.552. The summed E-state index contributed by atoms with van der Waals surface area (Å²) in [5.74, 6) is -1.05. The molecule has 3 rings (SSSR count). The van der Waals surface area contributed by atoms with E-state index in [-0.39, 0.29) is 26.1 Å². The van der Waals surface area contributed by atoms with Crippen molar-refractivity contribution < 1.29 is 28.9 Å². The number of benzene rings is 1. The molecule has 1 aliphatic heterocycles. The van der Waals surface area contributed by atoms with Crippen LogP contribution in [0.1, 0.15) is 49.4 Å². The number of hydrogen-bond donors (Lipinski definition) is 4. The SMILES string of the molecule is COC[C@@H](F)CN(CCCCc1ccc2c(n1)NCCC2)CC[C@H](NC(=O)[C@](C)(O)c1ccccc1)C(=O)O. The van der Waals surface area contributed by atoms with Crippen molar-refractivity contribution in [1.29, 1.82) is 0 Å². The number of pyridine rings is 1. The Bertz CT molecular complexity index is 1070. The van der Waals surface area contributed by atoms with Crippen LogP contribution in [0, 0.1) is 0 Å². The van der Waals surface area contributed by atoms with Gasteiger partial charge in [0.25, 0.3) is 5.91 Å². The summed E-state index contributed by atoms with van der Waals surface area (Å²) in [5.41, 5.74) is 0.722. The average Bonchev–Trinajstić information content (AvgIpc) is 2.93. The Balaban J connectivity index is 1.54. The minimum Gasteiger partial charge on any atom is -0.480 e. The number of unbranched alkanes of at least 4 members (excludes halogenated alkanes) is 1. The van der Waals surface area contributed by atoms with Gasteiger partial charge in [0.15, 0.2) is 5.60 Å². The van der Waals surface area contributed by atoms with Crippen molar-refractivity contribution in [2.45, 2.75) is 63.3 Å². The maximum absolute atomic E-state index is 14.4. The lowest BCUT2D eigenvalue weighted by molar-refractivity contribution is -0.147. The summed E-state index contributed by atoms with van der Waals surface area (Å²) in [5, 5.41) is 26.3. The van der Waals surface area contributed by atoms with E-state index >= 15 is 0 Å². The largest absolute Gasteiger partial charge is 0.480 e. The third-order valence-electron chi connectivity index (χ3n) is 7.03. The number of carbonyl (C=O) groups is 2. The standard InChI is InChI=1S/C29H41FN4O5/c1-29(38,22-10-4-3-5-11-22)28(37)33-25(27(35)36)15-18-34(19-23(30)20-39-2)17-7-6-12-24-14-13-21-9-8-16-31-26(21)32-24/h3-5,10-11,13-14,23,25,38H,6-9,12,15-20H2,1-2H3,(H,31,32)(H,33,37)(H,35,36)/t23-,25-,29+/m0/s1. The van der Waals surface area contributed by atoms with Gasteiger partial charge < -0.3 is 30.5 Å². The number of alkyl halides is 1. The number of carboxylic acid groups (broad SMARTS) is 1. The van der Waals surface area contributed by atoms with E-state index in [0.717, 1.165) is 50.2 Å². The van der Waals surface area contributed by atoms with Crippen LogP contribution in [0.15, 0.2) is 42.5 Å². The molecule has 39 heavy (non-hydrogen) atoms. The molecular formula is C29H41FN4O5. The molecule has 1 aromatic carbocycles. The van der Waals surface area contributed by atoms with Gasteiger partial charge in [0.2, 0.25) is 0 Å². The molecule has 1 amide bonds. The van der Waals surface area contributed by atoms with Gasteiger partial charge in [-0.1, -0.05) is 36.4 Å². The van der Waals surface area contributed by atoms with Gasteiger partial charge in [-0.2, -0.15) is 0 Å². The summed E-state index contributed by atoms with van der Waals surface area (Å²) in [6.45, 7) is 3.13. The number of aryl methyl sites for hydroxylation is 2. The zero-order valence-corrected chi connectivity index (χ0v) is 22.9. The third-order valence-corrected chi connectivity index (χ3v) is 7.03. The van der Waals surface area contributed by atoms with E-state index in [4.69, 9.17) is 9.72 Å². The normalized spacial score (nSPS) is 16.0. The van der Waals surface area contributed by atoms with Crippen molar-refractivity contribution >= 4 is 17.7 Å². The Morgan fingerprint density at radius 3 is 2.69 bits per heavy atom. The second-order valence-corrected chi connectivity index (χ2v) is 10.2. The first kappa shape index (κ1) is 30.5. The number of ether oxygens (including phenoxy) is 1. The van der Waals surface area contributed by atoms with E-state index in [1.807, 2.05) is 4.90 Å². The predicted molar refractivity (Wildman–Crippen MR) is 147 cm³/mol. The lowest BCUT2D eigenvalue weighted by Crippen LogP contribution is -2.50. The quantitative estimate of drug-likeness (QED) is 0.238. The van der Waals surface area contributed by atoms with E-state index in [9.17, 15) is 24.2 Å². The lowest BCUT2D eigenvalue weighted by Gasteiger charge is -2.28. The van der Waals surface area contributed by atoms with Crippen LogP contribution in [-0.2, 0) is 32.8 Å². The van der Waals surface area contributed by atoms with Crippen LogP contribution in [0.2, 0.25) is 0 Å². The van der Waals surface area contributed by atoms with Crippen LogP contribution in [0.4, 0.5) is 10.2 Å². The number of halogens is 1. The summed E-state index contributed by atoms with van der Waals surface area (Å²) in [6.07, 6.45) is 3.41. The topological polar surface area (TPSA) is 124 Å². The van der Waals surface area contributed by atoms with E-state index in [1.165, 1.54) is 19.6 Å². The van der Waals surface area contributed by atoms with Crippen molar-refractivity contribution in [2.75, 3.05) is 45.2 Å². The molecule has 9 nitrogen and oxygen atoms in total. The highest BCUT2D eigenvalue weighted by atomic mass is 19.1. The van der Waals surface area contributed by atoms with Crippen molar-refractivity contribution in [2.24, 2.45) is 0 Å². The summed E-state index contributed by atoms with van der Waals surface area (Å²) >= 11 is 0. The van der Waals surface area contributed by atoms with Crippen molar-refractivity contribution in [3.63, 3.8) is 0 Å². The molecule has 3 atom stereocenters. The number of carboxylic acids is 1. The van der Waals surface area contributed by atoms with E-state index in [2.05, 4.69) is 22.8 Å². The number of carbonyl (C=O) groups excluding carboxylic acids is 1. The maximum atomic E-state index is 14.4. The van der Waals surface area contributed by atoms with Gasteiger partial charge >= 0.3 is 5.97 Å². The Morgan fingerprint density at radius 1 is 1.21 bits per heavy atom. The highest BCUT2D eigenvalue weighted by molar-refractivity contribution is 5.89. The highest BCUT2D eigenvalue weighted by Gasteiger charge is 2.35. The molecule has 0 bridgehead atoms. The number of nitrogens with one attached hydrogen (secondary N) is 2. The van der Waals surface area contributed by atoms with E-state index in [0.29, 0.717) is 12.1 Å². The molecule has 0 unspecified atom stereocenters. The predicted octanol–water partition coefficient (Wildman–Crippen LogP) is 2.92. The van der Waals surface area contributed by atoms with E-state index in [1.54, 1.807) is 30.3 Å². The molecule has 1 aliphatic rings. The molecule has 0 aliphatic carbocycles. The molecule has 0 saturated heterocycles. The van der Waals surface area contributed by atoms with Crippen LogP contribution in [-0.4, -0.2) is 84.1 Å². The van der Waals surface area contributed by atoms with Crippen LogP contribution in [0.5, 0.6) is 0 Å². The van der Waals surface area contributed by atoms with Crippen LogP contribution < -0.4 is 10.6 Å². The summed E-state index contributed by atoms with van der Waals surface area (Å²) in [4.78, 5) is 31.3. The lowest BCUT2D eigenvalue weighted by atomic mass is 9.94. The number of anilines is 1. The molecule has 2 aromatic rings. The Hall–Kier alpha value is -3.08. The fourth-order valence-corrected chi connectivity index (χ4v) is 4.72. The van der Waals surface area contributed by atoms with Crippen molar-refractivity contribution in [1.82, 2.24) is 15.2 Å². The maximum Gasteiger partial charge on any atom is 0.326 e. The van der Waals surface area contributed by atoms with Gasteiger partial charge in [-0.3, -0.25) is 4.79 Å². The van der Waals surface area contributed by atoms with E-state index < -0.39 is 29.7 Å². The number of hydrogen-bond acceptors (Lipinski definition) is 7. The van der Waals surface area contributed by atoms with Gasteiger partial charge in [0.05, 0.1) is 6.61 Å². The molecule has 10 heteroatoms. The van der Waals surface area contributed by atoms with Gasteiger partial charge in [-0.05, 0) is 69.2 Å². The number of aromatic nitrogens is 1. The summed E-state index contributed by atoms with van der Waals surface area (Å²) in [6, 6.07) is 11.3. The third kappa shape index (κ3) is 9.26. The van der Waals surface area contributed by atoms with Gasteiger partial charge in [-0.15, -0.1) is 0 Å². The average molecular weight is 545 g/mol. The van der Waals surface area contributed by atoms with Crippen molar-refractivity contribution in [3.05, 3.63) is 59.3 Å².